The first-order chi connectivity index (χ1) is 5.41. The van der Waals surface area contributed by atoms with E-state index in [1.54, 1.807) is 5.57 Å². The van der Waals surface area contributed by atoms with Gasteiger partial charge in [0.05, 0.1) is 0 Å². The molecule has 0 heterocycles. The third kappa shape index (κ3) is 0.702. The van der Waals surface area contributed by atoms with Gasteiger partial charge >= 0.3 is 0 Å². The monoisotopic (exact) mass is 146 g/mol. The third-order valence-corrected chi connectivity index (χ3v) is 3.81. The molecule has 0 bridgehead atoms. The molecule has 58 valence electrons. The van der Waals surface area contributed by atoms with E-state index in [9.17, 15) is 0 Å². The fourth-order valence-electron chi connectivity index (χ4n) is 2.90. The van der Waals surface area contributed by atoms with Gasteiger partial charge in [0, 0.05) is 0 Å². The van der Waals surface area contributed by atoms with Gasteiger partial charge in [0.15, 0.2) is 0 Å². The van der Waals surface area contributed by atoms with Gasteiger partial charge in [0.2, 0.25) is 0 Å². The summed E-state index contributed by atoms with van der Waals surface area (Å²) in [7, 11) is 0. The predicted molar refractivity (Wildman–Crippen MR) is 46.2 cm³/mol. The van der Waals surface area contributed by atoms with E-state index < -0.39 is 0 Å². The van der Waals surface area contributed by atoms with Crippen molar-refractivity contribution in [2.75, 3.05) is 0 Å². The molecule has 0 heteroatoms. The van der Waals surface area contributed by atoms with Gasteiger partial charge in [-0.05, 0) is 43.4 Å². The number of rotatable bonds is 0. The number of hydrogen-bond acceptors (Lipinski definition) is 0. The summed E-state index contributed by atoms with van der Waals surface area (Å²) in [6.45, 7) is 0. The minimum Gasteiger partial charge on any atom is -0.0839 e. The lowest BCUT2D eigenvalue weighted by Gasteiger charge is -2.19. The zero-order chi connectivity index (χ0) is 7.31. The molecule has 0 N–H and O–H groups in total. The average molecular weight is 146 g/mol. The first-order valence-corrected chi connectivity index (χ1v) is 4.76. The molecule has 0 radical (unpaired) electrons. The molecule has 3 rings (SSSR count). The molecule has 3 aliphatic carbocycles. The van der Waals surface area contributed by atoms with Crippen molar-refractivity contribution in [3.05, 3.63) is 23.8 Å². The number of fused-ring (bicyclic) bond motifs is 2. The molecule has 0 amide bonds. The maximum absolute atomic E-state index is 2.36. The molecule has 0 aromatic carbocycles. The Morgan fingerprint density at radius 2 is 2.18 bits per heavy atom. The predicted octanol–water partition coefficient (Wildman–Crippen LogP) is 3.06. The Bertz CT molecular complexity index is 241. The Labute approximate surface area is 68.0 Å². The van der Waals surface area contributed by atoms with Crippen LogP contribution in [0, 0.1) is 11.3 Å². The molecule has 1 atom stereocenters. The van der Waals surface area contributed by atoms with Gasteiger partial charge in [-0.3, -0.25) is 0 Å². The number of allylic oxidation sites excluding steroid dienone is 4. The molecule has 0 nitrogen and oxygen atoms in total. The average Bonchev–Trinajstić information content (AvgIpc) is 2.72. The number of hydrogen-bond donors (Lipinski definition) is 0. The Balaban J connectivity index is 1.98. The molecule has 0 aromatic rings. The Morgan fingerprint density at radius 1 is 1.27 bits per heavy atom. The lowest BCUT2D eigenvalue weighted by molar-refractivity contribution is 0.399. The van der Waals surface area contributed by atoms with Crippen LogP contribution in [0.2, 0.25) is 0 Å². The minimum atomic E-state index is 0.816. The van der Waals surface area contributed by atoms with Crippen LogP contribution in [-0.4, -0.2) is 0 Å². The van der Waals surface area contributed by atoms with Gasteiger partial charge in [0.25, 0.3) is 0 Å². The van der Waals surface area contributed by atoms with Gasteiger partial charge in [-0.25, -0.2) is 0 Å². The largest absolute Gasteiger partial charge is 0.0839 e. The standard InChI is InChI=1S/C11H14/c1-2-4-10-9(3-1)5-6-11(10)7-8-11/h1-3,10H,4-8H2. The van der Waals surface area contributed by atoms with Crippen molar-refractivity contribution in [3.8, 4) is 0 Å². The molecule has 3 aliphatic rings. The van der Waals surface area contributed by atoms with Crippen LogP contribution in [0.25, 0.3) is 0 Å². The third-order valence-electron chi connectivity index (χ3n) is 3.81. The summed E-state index contributed by atoms with van der Waals surface area (Å²) in [4.78, 5) is 0. The van der Waals surface area contributed by atoms with Crippen molar-refractivity contribution in [2.24, 2.45) is 11.3 Å². The van der Waals surface area contributed by atoms with Crippen LogP contribution in [0.4, 0.5) is 0 Å². The summed E-state index contributed by atoms with van der Waals surface area (Å²) in [6, 6.07) is 0. The second kappa shape index (κ2) is 1.80. The highest BCUT2D eigenvalue weighted by atomic mass is 14.6. The maximum atomic E-state index is 2.36. The second-order valence-corrected chi connectivity index (χ2v) is 4.32. The fraction of sp³-hybridized carbons (Fsp3) is 0.636. The summed E-state index contributed by atoms with van der Waals surface area (Å²) < 4.78 is 0. The lowest BCUT2D eigenvalue weighted by atomic mass is 9.85. The van der Waals surface area contributed by atoms with Crippen molar-refractivity contribution in [1.82, 2.24) is 0 Å². The molecule has 11 heavy (non-hydrogen) atoms. The first-order valence-electron chi connectivity index (χ1n) is 4.76. The Kier molecular flexibility index (Phi) is 0.988. The van der Waals surface area contributed by atoms with Crippen LogP contribution in [-0.2, 0) is 0 Å². The van der Waals surface area contributed by atoms with Crippen LogP contribution in [0.3, 0.4) is 0 Å². The summed E-state index contributed by atoms with van der Waals surface area (Å²) in [5.74, 6) is 0.965. The van der Waals surface area contributed by atoms with E-state index in [4.69, 9.17) is 0 Å². The Hall–Kier alpha value is -0.520. The van der Waals surface area contributed by atoms with Crippen LogP contribution in [0.5, 0.6) is 0 Å². The normalized spacial score (nSPS) is 37.1. The van der Waals surface area contributed by atoms with Gasteiger partial charge in [0.1, 0.15) is 0 Å². The summed E-state index contributed by atoms with van der Waals surface area (Å²) >= 11 is 0. The topological polar surface area (TPSA) is 0 Å². The molecule has 1 spiro atoms. The summed E-state index contributed by atoms with van der Waals surface area (Å²) in [6.07, 6.45) is 14.2. The van der Waals surface area contributed by atoms with Crippen LogP contribution in [0.15, 0.2) is 23.8 Å². The van der Waals surface area contributed by atoms with E-state index in [1.807, 2.05) is 0 Å². The summed E-state index contributed by atoms with van der Waals surface area (Å²) in [5, 5.41) is 0. The molecule has 0 aliphatic heterocycles. The SMILES string of the molecule is C1=CCC2C(=C1)CCC21CC1. The quantitative estimate of drug-likeness (QED) is 0.492. The second-order valence-electron chi connectivity index (χ2n) is 4.32. The van der Waals surface area contributed by atoms with Crippen molar-refractivity contribution in [1.29, 1.82) is 0 Å². The molecular formula is C11H14. The zero-order valence-corrected chi connectivity index (χ0v) is 6.84. The minimum absolute atomic E-state index is 0.816. The zero-order valence-electron chi connectivity index (χ0n) is 6.84. The van der Waals surface area contributed by atoms with Gasteiger partial charge in [-0.15, -0.1) is 0 Å². The van der Waals surface area contributed by atoms with Crippen molar-refractivity contribution in [2.45, 2.75) is 32.1 Å². The van der Waals surface area contributed by atoms with Crippen LogP contribution >= 0.6 is 0 Å². The van der Waals surface area contributed by atoms with Crippen LogP contribution < -0.4 is 0 Å². The van der Waals surface area contributed by atoms with Crippen molar-refractivity contribution in [3.63, 3.8) is 0 Å². The first kappa shape index (κ1) is 6.05. The highest BCUT2D eigenvalue weighted by Gasteiger charge is 2.53. The molecule has 2 saturated carbocycles. The molecule has 0 aromatic heterocycles. The van der Waals surface area contributed by atoms with Crippen molar-refractivity contribution < 1.29 is 0 Å². The fourth-order valence-corrected chi connectivity index (χ4v) is 2.90. The molecule has 2 fully saturated rings. The van der Waals surface area contributed by atoms with E-state index in [1.165, 1.54) is 32.1 Å². The van der Waals surface area contributed by atoms with E-state index >= 15 is 0 Å². The van der Waals surface area contributed by atoms with E-state index in [-0.39, 0.29) is 0 Å². The van der Waals surface area contributed by atoms with E-state index in [0.29, 0.717) is 0 Å². The van der Waals surface area contributed by atoms with Gasteiger partial charge in [-0.1, -0.05) is 23.8 Å². The highest BCUT2D eigenvalue weighted by Crippen LogP contribution is 2.64. The van der Waals surface area contributed by atoms with Gasteiger partial charge < -0.3 is 0 Å². The lowest BCUT2D eigenvalue weighted by Crippen LogP contribution is -2.10. The molecular weight excluding hydrogens is 132 g/mol. The smallest absolute Gasteiger partial charge is 0.0109 e. The van der Waals surface area contributed by atoms with Gasteiger partial charge in [-0.2, -0.15) is 0 Å². The maximum Gasteiger partial charge on any atom is -0.0109 e. The van der Waals surface area contributed by atoms with Crippen LogP contribution in [0.1, 0.15) is 32.1 Å². The van der Waals surface area contributed by atoms with E-state index in [2.05, 4.69) is 18.2 Å². The molecule has 1 unspecified atom stereocenters. The molecule has 0 saturated heterocycles. The highest BCUT2D eigenvalue weighted by molar-refractivity contribution is 5.30. The van der Waals surface area contributed by atoms with E-state index in [0.717, 1.165) is 11.3 Å². The van der Waals surface area contributed by atoms with Crippen molar-refractivity contribution >= 4 is 0 Å². The summed E-state index contributed by atoms with van der Waals surface area (Å²) in [5.41, 5.74) is 2.57. The Morgan fingerprint density at radius 3 is 3.00 bits per heavy atom.